The van der Waals surface area contributed by atoms with Crippen molar-refractivity contribution >= 4 is 0 Å². The molecule has 0 aliphatic carbocycles. The van der Waals surface area contributed by atoms with Crippen molar-refractivity contribution in [3.8, 4) is 5.75 Å². The molecule has 1 N–H and O–H groups in total. The summed E-state index contributed by atoms with van der Waals surface area (Å²) in [5.41, 5.74) is 0.747. The lowest BCUT2D eigenvalue weighted by molar-refractivity contribution is 0.168. The normalized spacial score (nSPS) is 14.9. The Hall–Kier alpha value is -1.09. The van der Waals surface area contributed by atoms with Crippen molar-refractivity contribution < 1.29 is 14.2 Å². The Morgan fingerprint density at radius 3 is 2.43 bits per heavy atom. The number of ether oxygens (including phenoxy) is 1. The number of aliphatic hydroxyl groups excluding tert-OH is 1. The maximum absolute atomic E-state index is 13.1. The molecule has 2 atom stereocenters. The number of rotatable bonds is 3. The van der Waals surface area contributed by atoms with E-state index < -0.39 is 6.10 Å². The summed E-state index contributed by atoms with van der Waals surface area (Å²) < 4.78 is 18.0. The van der Waals surface area contributed by atoms with E-state index in [0.29, 0.717) is 5.75 Å². The molecule has 1 rings (SSSR count). The summed E-state index contributed by atoms with van der Waals surface area (Å²) in [5, 5.41) is 9.37. The molecule has 0 saturated carbocycles. The lowest BCUT2D eigenvalue weighted by Gasteiger charge is -2.15. The summed E-state index contributed by atoms with van der Waals surface area (Å²) in [5.74, 6) is 0.0407. The van der Waals surface area contributed by atoms with Gasteiger partial charge in [0.2, 0.25) is 0 Å². The first-order valence-corrected chi connectivity index (χ1v) is 4.57. The van der Waals surface area contributed by atoms with E-state index in [1.165, 1.54) is 19.2 Å². The Balaban J connectivity index is 3.02. The van der Waals surface area contributed by atoms with Crippen LogP contribution in [0.15, 0.2) is 18.2 Å². The van der Waals surface area contributed by atoms with E-state index >= 15 is 0 Å². The molecule has 0 aliphatic rings. The number of benzene rings is 1. The molecule has 0 aliphatic heterocycles. The number of halogens is 1. The van der Waals surface area contributed by atoms with E-state index in [1.54, 1.807) is 13.0 Å². The third-order valence-corrected chi connectivity index (χ3v) is 2.38. The molecule has 0 unspecified atom stereocenters. The third kappa shape index (κ3) is 2.45. The van der Waals surface area contributed by atoms with Crippen molar-refractivity contribution in [1.82, 2.24) is 0 Å². The highest BCUT2D eigenvalue weighted by molar-refractivity contribution is 5.32. The maximum Gasteiger partial charge on any atom is 0.127 e. The fourth-order valence-electron chi connectivity index (χ4n) is 1.24. The van der Waals surface area contributed by atoms with Crippen LogP contribution >= 0.6 is 0 Å². The van der Waals surface area contributed by atoms with Crippen LogP contribution in [0, 0.1) is 5.82 Å². The van der Waals surface area contributed by atoms with Gasteiger partial charge in [-0.3, -0.25) is 0 Å². The Bertz CT molecular complexity index is 310. The first-order valence-electron chi connectivity index (χ1n) is 4.57. The second-order valence-corrected chi connectivity index (χ2v) is 3.45. The molecule has 3 heteroatoms. The van der Waals surface area contributed by atoms with E-state index in [-0.39, 0.29) is 11.7 Å². The van der Waals surface area contributed by atoms with Crippen molar-refractivity contribution in [1.29, 1.82) is 0 Å². The Kier molecular flexibility index (Phi) is 3.47. The summed E-state index contributed by atoms with van der Waals surface area (Å²) in [7, 11) is 1.49. The molecule has 2 nitrogen and oxygen atoms in total. The summed E-state index contributed by atoms with van der Waals surface area (Å²) in [4.78, 5) is 0. The zero-order chi connectivity index (χ0) is 10.7. The van der Waals surface area contributed by atoms with Crippen LogP contribution in [0.4, 0.5) is 4.39 Å². The number of hydrogen-bond acceptors (Lipinski definition) is 2. The molecule has 0 spiro atoms. The number of aliphatic hydroxyl groups is 1. The molecule has 0 bridgehead atoms. The topological polar surface area (TPSA) is 29.5 Å². The smallest absolute Gasteiger partial charge is 0.127 e. The molecule has 0 fully saturated rings. The summed E-state index contributed by atoms with van der Waals surface area (Å²) >= 11 is 0. The minimum Gasteiger partial charge on any atom is -0.497 e. The fourth-order valence-corrected chi connectivity index (χ4v) is 1.24. The van der Waals surface area contributed by atoms with Gasteiger partial charge < -0.3 is 9.84 Å². The van der Waals surface area contributed by atoms with Crippen LogP contribution < -0.4 is 4.74 Å². The van der Waals surface area contributed by atoms with Crippen molar-refractivity contribution in [3.63, 3.8) is 0 Å². The summed E-state index contributed by atoms with van der Waals surface area (Å²) in [6, 6.07) is 4.47. The van der Waals surface area contributed by atoms with Crippen LogP contribution in [0.25, 0.3) is 0 Å². The van der Waals surface area contributed by atoms with Crippen molar-refractivity contribution in [3.05, 3.63) is 29.6 Å². The SMILES string of the molecule is COc1cc(F)cc([C@H](C)[C@H](C)O)c1. The highest BCUT2D eigenvalue weighted by atomic mass is 19.1. The third-order valence-electron chi connectivity index (χ3n) is 2.38. The Labute approximate surface area is 83.3 Å². The molecular formula is C11H15FO2. The zero-order valence-electron chi connectivity index (χ0n) is 8.62. The first-order chi connectivity index (χ1) is 6.54. The van der Waals surface area contributed by atoms with Crippen LogP contribution in [0.3, 0.4) is 0 Å². The van der Waals surface area contributed by atoms with Gasteiger partial charge in [-0.05, 0) is 24.6 Å². The lowest BCUT2D eigenvalue weighted by Crippen LogP contribution is -2.11. The van der Waals surface area contributed by atoms with Gasteiger partial charge in [0, 0.05) is 12.0 Å². The van der Waals surface area contributed by atoms with E-state index in [2.05, 4.69) is 0 Å². The van der Waals surface area contributed by atoms with Crippen LogP contribution in [-0.4, -0.2) is 18.3 Å². The molecule has 78 valence electrons. The highest BCUT2D eigenvalue weighted by Crippen LogP contribution is 2.24. The summed E-state index contributed by atoms with van der Waals surface area (Å²) in [6.45, 7) is 3.53. The van der Waals surface area contributed by atoms with Gasteiger partial charge in [-0.15, -0.1) is 0 Å². The molecular weight excluding hydrogens is 183 g/mol. The molecule has 0 saturated heterocycles. The molecule has 1 aromatic carbocycles. The van der Waals surface area contributed by atoms with Gasteiger partial charge in [-0.1, -0.05) is 6.92 Å². The number of methoxy groups -OCH3 is 1. The minimum absolute atomic E-state index is 0.0976. The van der Waals surface area contributed by atoms with Gasteiger partial charge >= 0.3 is 0 Å². The first kappa shape index (κ1) is 11.0. The van der Waals surface area contributed by atoms with Gasteiger partial charge in [0.25, 0.3) is 0 Å². The number of hydrogen-bond donors (Lipinski definition) is 1. The second kappa shape index (κ2) is 4.42. The average Bonchev–Trinajstić information content (AvgIpc) is 2.15. The predicted octanol–water partition coefficient (Wildman–Crippen LogP) is 2.32. The van der Waals surface area contributed by atoms with Crippen LogP contribution in [-0.2, 0) is 0 Å². The van der Waals surface area contributed by atoms with E-state index in [0.717, 1.165) is 5.56 Å². The van der Waals surface area contributed by atoms with E-state index in [1.807, 2.05) is 6.92 Å². The lowest BCUT2D eigenvalue weighted by atomic mass is 9.96. The van der Waals surface area contributed by atoms with Gasteiger partial charge in [-0.25, -0.2) is 4.39 Å². The maximum atomic E-state index is 13.1. The quantitative estimate of drug-likeness (QED) is 0.807. The highest BCUT2D eigenvalue weighted by Gasteiger charge is 2.13. The van der Waals surface area contributed by atoms with Gasteiger partial charge in [0.15, 0.2) is 0 Å². The minimum atomic E-state index is -0.499. The Morgan fingerprint density at radius 1 is 1.29 bits per heavy atom. The van der Waals surface area contributed by atoms with Crippen LogP contribution in [0.2, 0.25) is 0 Å². The van der Waals surface area contributed by atoms with Crippen molar-refractivity contribution in [2.45, 2.75) is 25.9 Å². The van der Waals surface area contributed by atoms with Crippen LogP contribution in [0.1, 0.15) is 25.3 Å². The average molecular weight is 198 g/mol. The predicted molar refractivity (Wildman–Crippen MR) is 53.0 cm³/mol. The molecule has 0 aromatic heterocycles. The van der Waals surface area contributed by atoms with Crippen molar-refractivity contribution in [2.24, 2.45) is 0 Å². The van der Waals surface area contributed by atoms with Gasteiger partial charge in [0.1, 0.15) is 11.6 Å². The van der Waals surface area contributed by atoms with Gasteiger partial charge in [-0.2, -0.15) is 0 Å². The Morgan fingerprint density at radius 2 is 1.93 bits per heavy atom. The van der Waals surface area contributed by atoms with E-state index in [9.17, 15) is 9.50 Å². The monoisotopic (exact) mass is 198 g/mol. The largest absolute Gasteiger partial charge is 0.497 e. The molecule has 0 amide bonds. The molecule has 1 aromatic rings. The van der Waals surface area contributed by atoms with Gasteiger partial charge in [0.05, 0.1) is 13.2 Å². The molecule has 14 heavy (non-hydrogen) atoms. The molecule has 0 heterocycles. The molecule has 0 radical (unpaired) electrons. The second-order valence-electron chi connectivity index (χ2n) is 3.45. The summed E-state index contributed by atoms with van der Waals surface area (Å²) in [6.07, 6.45) is -0.499. The standard InChI is InChI=1S/C11H15FO2/c1-7(8(2)13)9-4-10(12)6-11(5-9)14-3/h4-8,13H,1-3H3/t7-,8+/m1/s1. The zero-order valence-corrected chi connectivity index (χ0v) is 8.62. The van der Waals surface area contributed by atoms with Crippen LogP contribution in [0.5, 0.6) is 5.75 Å². The van der Waals surface area contributed by atoms with Crippen molar-refractivity contribution in [2.75, 3.05) is 7.11 Å². The fraction of sp³-hybridized carbons (Fsp3) is 0.455. The van der Waals surface area contributed by atoms with E-state index in [4.69, 9.17) is 4.74 Å².